The second kappa shape index (κ2) is 3.69. The number of aromatic nitrogens is 3. The summed E-state index contributed by atoms with van der Waals surface area (Å²) in [7, 11) is -2.81. The Balaban J connectivity index is 1.85. The largest absolute Gasteiger partial charge is 0.368 e. The van der Waals surface area contributed by atoms with Crippen molar-refractivity contribution in [3.05, 3.63) is 0 Å². The van der Waals surface area contributed by atoms with E-state index >= 15 is 0 Å². The number of nitrogen functional groups attached to an aromatic ring is 1. The first-order valence-electron chi connectivity index (χ1n) is 4.67. The summed E-state index contributed by atoms with van der Waals surface area (Å²) in [5.74, 6) is 1.35. The molecule has 8 heteroatoms. The Morgan fingerprint density at radius 1 is 1.60 bits per heavy atom. The van der Waals surface area contributed by atoms with Crippen LogP contribution in [0.4, 0.5) is 11.9 Å². The van der Waals surface area contributed by atoms with Crippen molar-refractivity contribution < 1.29 is 8.42 Å². The highest BCUT2D eigenvalue weighted by Crippen LogP contribution is 2.18. The lowest BCUT2D eigenvalue weighted by Crippen LogP contribution is -2.16. The first-order chi connectivity index (χ1) is 7.05. The van der Waals surface area contributed by atoms with Crippen molar-refractivity contribution in [3.63, 3.8) is 0 Å². The fraction of sp³-hybridized carbons (Fsp3) is 0.714. The van der Waals surface area contributed by atoms with E-state index in [1.54, 1.807) is 0 Å². The van der Waals surface area contributed by atoms with Gasteiger partial charge in [0.15, 0.2) is 9.84 Å². The van der Waals surface area contributed by atoms with Gasteiger partial charge in [0, 0.05) is 6.54 Å². The van der Waals surface area contributed by atoms with Crippen LogP contribution in [0.5, 0.6) is 0 Å². The van der Waals surface area contributed by atoms with Crippen LogP contribution in [0.25, 0.3) is 0 Å². The third-order valence-corrected chi connectivity index (χ3v) is 4.22. The minimum absolute atomic E-state index is 0.148. The zero-order valence-corrected chi connectivity index (χ0v) is 8.92. The van der Waals surface area contributed by atoms with E-state index in [1.165, 1.54) is 0 Å². The molecule has 1 saturated heterocycles. The quantitative estimate of drug-likeness (QED) is 0.629. The molecule has 2 heterocycles. The summed E-state index contributed by atoms with van der Waals surface area (Å²) >= 11 is 0. The molecule has 0 aromatic carbocycles. The summed E-state index contributed by atoms with van der Waals surface area (Å²) in [6, 6.07) is 0. The zero-order chi connectivity index (χ0) is 10.9. The molecule has 0 amide bonds. The van der Waals surface area contributed by atoms with Crippen LogP contribution in [-0.2, 0) is 9.84 Å². The van der Waals surface area contributed by atoms with Crippen LogP contribution < -0.4 is 11.1 Å². The first-order valence-corrected chi connectivity index (χ1v) is 6.49. The molecule has 1 aromatic rings. The van der Waals surface area contributed by atoms with Gasteiger partial charge in [-0.15, -0.1) is 5.10 Å². The topological polar surface area (TPSA) is 114 Å². The molecule has 1 aliphatic heterocycles. The van der Waals surface area contributed by atoms with Gasteiger partial charge in [-0.25, -0.2) is 13.5 Å². The second-order valence-corrected chi connectivity index (χ2v) is 5.92. The van der Waals surface area contributed by atoms with Crippen LogP contribution in [0, 0.1) is 5.92 Å². The van der Waals surface area contributed by atoms with Gasteiger partial charge < -0.3 is 11.1 Å². The van der Waals surface area contributed by atoms with E-state index < -0.39 is 9.84 Å². The predicted molar refractivity (Wildman–Crippen MR) is 56.0 cm³/mol. The van der Waals surface area contributed by atoms with Gasteiger partial charge in [-0.05, 0) is 12.3 Å². The van der Waals surface area contributed by atoms with Crippen molar-refractivity contribution in [2.45, 2.75) is 6.42 Å². The SMILES string of the molecule is Nc1nc(NCC2CCS(=O)(=O)C2)n[nH]1. The van der Waals surface area contributed by atoms with Gasteiger partial charge in [-0.3, -0.25) is 0 Å². The molecule has 1 aliphatic rings. The number of nitrogens with two attached hydrogens (primary N) is 1. The monoisotopic (exact) mass is 231 g/mol. The van der Waals surface area contributed by atoms with Gasteiger partial charge in [-0.1, -0.05) is 0 Å². The highest BCUT2D eigenvalue weighted by atomic mass is 32.2. The van der Waals surface area contributed by atoms with Gasteiger partial charge in [-0.2, -0.15) is 4.98 Å². The van der Waals surface area contributed by atoms with Gasteiger partial charge in [0.1, 0.15) is 0 Å². The maximum Gasteiger partial charge on any atom is 0.243 e. The number of nitrogens with one attached hydrogen (secondary N) is 2. The molecule has 1 unspecified atom stereocenters. The van der Waals surface area contributed by atoms with Gasteiger partial charge in [0.05, 0.1) is 11.5 Å². The Morgan fingerprint density at radius 3 is 2.93 bits per heavy atom. The molecule has 0 saturated carbocycles. The van der Waals surface area contributed by atoms with Crippen molar-refractivity contribution in [1.82, 2.24) is 15.2 Å². The molecule has 0 aliphatic carbocycles. The Bertz CT molecular complexity index is 440. The first kappa shape index (κ1) is 10.2. The number of H-pyrrole nitrogens is 1. The summed E-state index contributed by atoms with van der Waals surface area (Å²) in [5, 5.41) is 9.23. The molecule has 84 valence electrons. The Kier molecular flexibility index (Phi) is 2.51. The van der Waals surface area contributed by atoms with Crippen molar-refractivity contribution >= 4 is 21.7 Å². The standard InChI is InChI=1S/C7H13N5O2S/c8-6-10-7(12-11-6)9-3-5-1-2-15(13,14)4-5/h5H,1-4H2,(H4,8,9,10,11,12). The van der Waals surface area contributed by atoms with Crippen molar-refractivity contribution in [2.24, 2.45) is 5.92 Å². The number of nitrogens with zero attached hydrogens (tertiary/aromatic N) is 2. The van der Waals surface area contributed by atoms with Crippen LogP contribution in [0.15, 0.2) is 0 Å². The molecule has 1 aromatic heterocycles. The van der Waals surface area contributed by atoms with E-state index in [1.807, 2.05) is 0 Å². The van der Waals surface area contributed by atoms with Crippen LogP contribution in [0.2, 0.25) is 0 Å². The normalized spacial score (nSPS) is 24.1. The smallest absolute Gasteiger partial charge is 0.243 e. The molecular formula is C7H13N5O2S. The number of rotatable bonds is 3. The molecule has 0 spiro atoms. The Morgan fingerprint density at radius 2 is 2.40 bits per heavy atom. The number of aromatic amines is 1. The van der Waals surface area contributed by atoms with E-state index in [4.69, 9.17) is 5.73 Å². The maximum atomic E-state index is 11.2. The van der Waals surface area contributed by atoms with Crippen molar-refractivity contribution in [1.29, 1.82) is 0 Å². The van der Waals surface area contributed by atoms with Gasteiger partial charge in [0.2, 0.25) is 11.9 Å². The molecule has 4 N–H and O–H groups in total. The Hall–Kier alpha value is -1.31. The van der Waals surface area contributed by atoms with Crippen molar-refractivity contribution in [2.75, 3.05) is 29.1 Å². The van der Waals surface area contributed by atoms with Crippen LogP contribution in [-0.4, -0.2) is 41.6 Å². The molecule has 15 heavy (non-hydrogen) atoms. The minimum atomic E-state index is -2.81. The number of hydrogen-bond donors (Lipinski definition) is 3. The third kappa shape index (κ3) is 2.58. The highest BCUT2D eigenvalue weighted by Gasteiger charge is 2.27. The highest BCUT2D eigenvalue weighted by molar-refractivity contribution is 7.91. The molecule has 1 fully saturated rings. The molecule has 2 rings (SSSR count). The van der Waals surface area contributed by atoms with Gasteiger partial charge in [0.25, 0.3) is 0 Å². The average molecular weight is 231 g/mol. The summed E-state index contributed by atoms with van der Waals surface area (Å²) in [4.78, 5) is 3.86. The second-order valence-electron chi connectivity index (χ2n) is 3.69. The lowest BCUT2D eigenvalue weighted by Gasteiger charge is -2.06. The van der Waals surface area contributed by atoms with Crippen LogP contribution in [0.1, 0.15) is 6.42 Å². The van der Waals surface area contributed by atoms with E-state index in [9.17, 15) is 8.42 Å². The maximum absolute atomic E-state index is 11.2. The van der Waals surface area contributed by atoms with Crippen molar-refractivity contribution in [3.8, 4) is 0 Å². The zero-order valence-electron chi connectivity index (χ0n) is 8.10. The summed E-state index contributed by atoms with van der Waals surface area (Å²) in [6.45, 7) is 0.566. The molecule has 7 nitrogen and oxygen atoms in total. The Labute approximate surface area is 87.4 Å². The number of anilines is 2. The minimum Gasteiger partial charge on any atom is -0.368 e. The van der Waals surface area contributed by atoms with E-state index in [-0.39, 0.29) is 23.4 Å². The van der Waals surface area contributed by atoms with Crippen LogP contribution in [0.3, 0.4) is 0 Å². The summed E-state index contributed by atoms with van der Waals surface area (Å²) in [6.07, 6.45) is 0.704. The predicted octanol–water partition coefficient (Wildman–Crippen LogP) is -0.767. The molecular weight excluding hydrogens is 218 g/mol. The molecule has 0 bridgehead atoms. The van der Waals surface area contributed by atoms with Gasteiger partial charge >= 0.3 is 0 Å². The average Bonchev–Trinajstić information content (AvgIpc) is 2.69. The molecule has 0 radical (unpaired) electrons. The lowest BCUT2D eigenvalue weighted by molar-refractivity contribution is 0.595. The van der Waals surface area contributed by atoms with E-state index in [0.29, 0.717) is 18.9 Å². The lowest BCUT2D eigenvalue weighted by atomic mass is 10.1. The fourth-order valence-corrected chi connectivity index (χ4v) is 3.48. The summed E-state index contributed by atoms with van der Waals surface area (Å²) < 4.78 is 22.3. The van der Waals surface area contributed by atoms with E-state index in [2.05, 4.69) is 20.5 Å². The number of hydrogen-bond acceptors (Lipinski definition) is 6. The summed E-state index contributed by atoms with van der Waals surface area (Å²) in [5.41, 5.74) is 5.34. The van der Waals surface area contributed by atoms with E-state index in [0.717, 1.165) is 0 Å². The number of sulfone groups is 1. The van der Waals surface area contributed by atoms with Crippen LogP contribution >= 0.6 is 0 Å². The molecule has 1 atom stereocenters. The fourth-order valence-electron chi connectivity index (χ4n) is 1.62. The third-order valence-electron chi connectivity index (χ3n) is 2.38.